The predicted molar refractivity (Wildman–Crippen MR) is 130 cm³/mol. The van der Waals surface area contributed by atoms with Gasteiger partial charge in [-0.1, -0.05) is 24.3 Å². The van der Waals surface area contributed by atoms with E-state index in [1.54, 1.807) is 48.0 Å². The number of anilines is 2. The number of amides is 2. The number of ether oxygens (including phenoxy) is 1. The first-order valence-corrected chi connectivity index (χ1v) is 11.4. The third-order valence-electron chi connectivity index (χ3n) is 5.45. The maximum absolute atomic E-state index is 13.3. The molecule has 0 saturated carbocycles. The summed E-state index contributed by atoms with van der Waals surface area (Å²) in [5, 5.41) is 2.75. The quantitative estimate of drug-likeness (QED) is 0.518. The Morgan fingerprint density at radius 2 is 1.73 bits per heavy atom. The third kappa shape index (κ3) is 5.26. The number of hydrogen-bond donors (Lipinski definition) is 1. The molecule has 1 aliphatic heterocycles. The summed E-state index contributed by atoms with van der Waals surface area (Å²) in [4.78, 5) is 40.0. The van der Waals surface area contributed by atoms with E-state index in [4.69, 9.17) is 4.74 Å². The zero-order chi connectivity index (χ0) is 23.4. The Kier molecular flexibility index (Phi) is 6.79. The second kappa shape index (κ2) is 9.92. The number of rotatable bonds is 6. The standard InChI is InChI=1S/C26H24N2O4S/c1-17(29)18-7-11-20(12-8-18)27-25(30)16-28-22-5-3-4-6-23(22)33-24(15-26(28)31)19-9-13-21(32-2)14-10-19/h3-14,24H,15-16H2,1-2H3,(H,27,30)/t24-/m0/s1. The molecular formula is C26H24N2O4S. The van der Waals surface area contributed by atoms with E-state index in [0.29, 0.717) is 11.3 Å². The smallest absolute Gasteiger partial charge is 0.244 e. The third-order valence-corrected chi connectivity index (χ3v) is 6.77. The summed E-state index contributed by atoms with van der Waals surface area (Å²) in [5.41, 5.74) is 2.91. The molecule has 1 N–H and O–H groups in total. The fourth-order valence-corrected chi connectivity index (χ4v) is 4.97. The van der Waals surface area contributed by atoms with Crippen LogP contribution in [-0.2, 0) is 9.59 Å². The molecule has 1 aliphatic rings. The number of nitrogens with one attached hydrogen (secondary N) is 1. The average molecular weight is 461 g/mol. The first-order chi connectivity index (χ1) is 15.9. The molecule has 168 valence electrons. The van der Waals surface area contributed by atoms with E-state index in [0.717, 1.165) is 21.9 Å². The lowest BCUT2D eigenvalue weighted by atomic mass is 10.1. The number of nitrogens with zero attached hydrogens (tertiary/aromatic N) is 1. The Bertz CT molecular complexity index is 1180. The molecule has 0 aliphatic carbocycles. The highest BCUT2D eigenvalue weighted by atomic mass is 32.2. The SMILES string of the molecule is COc1ccc([C@@H]2CC(=O)N(CC(=O)Nc3ccc(C(C)=O)cc3)c3ccccc3S2)cc1. The van der Waals surface area contributed by atoms with E-state index < -0.39 is 0 Å². The normalized spacial score (nSPS) is 15.4. The van der Waals surface area contributed by atoms with Gasteiger partial charge < -0.3 is 15.0 Å². The number of ketones is 1. The first-order valence-electron chi connectivity index (χ1n) is 10.6. The van der Waals surface area contributed by atoms with Crippen LogP contribution in [0.4, 0.5) is 11.4 Å². The molecule has 3 aromatic carbocycles. The van der Waals surface area contributed by atoms with Gasteiger partial charge in [-0.05, 0) is 61.0 Å². The number of carbonyl (C=O) groups is 3. The topological polar surface area (TPSA) is 75.7 Å². The van der Waals surface area contributed by atoms with Gasteiger partial charge in [0.15, 0.2) is 5.78 Å². The second-order valence-electron chi connectivity index (χ2n) is 7.71. The molecule has 4 rings (SSSR count). The number of carbonyl (C=O) groups excluding carboxylic acids is 3. The van der Waals surface area contributed by atoms with E-state index in [9.17, 15) is 14.4 Å². The van der Waals surface area contributed by atoms with E-state index in [-0.39, 0.29) is 35.8 Å². The van der Waals surface area contributed by atoms with Gasteiger partial charge in [0.05, 0.1) is 12.8 Å². The van der Waals surface area contributed by atoms with Crippen LogP contribution in [-0.4, -0.2) is 31.3 Å². The Hall–Kier alpha value is -3.58. The highest BCUT2D eigenvalue weighted by Gasteiger charge is 2.30. The molecule has 1 atom stereocenters. The molecule has 1 heterocycles. The molecule has 6 nitrogen and oxygen atoms in total. The van der Waals surface area contributed by atoms with Crippen LogP contribution in [0, 0.1) is 0 Å². The number of benzene rings is 3. The van der Waals surface area contributed by atoms with Crippen LogP contribution in [0.15, 0.2) is 77.7 Å². The van der Waals surface area contributed by atoms with Crippen LogP contribution in [0.25, 0.3) is 0 Å². The van der Waals surface area contributed by atoms with Crippen molar-refractivity contribution >= 4 is 40.7 Å². The van der Waals surface area contributed by atoms with Gasteiger partial charge in [0.25, 0.3) is 0 Å². The van der Waals surface area contributed by atoms with Crippen molar-refractivity contribution in [2.24, 2.45) is 0 Å². The number of Topliss-reactive ketones (excluding diaryl/α,β-unsaturated/α-hetero) is 1. The molecule has 0 spiro atoms. The summed E-state index contributed by atoms with van der Waals surface area (Å²) >= 11 is 1.62. The lowest BCUT2D eigenvalue weighted by molar-refractivity contribution is -0.121. The van der Waals surface area contributed by atoms with Crippen molar-refractivity contribution in [2.75, 3.05) is 23.9 Å². The molecule has 3 aromatic rings. The van der Waals surface area contributed by atoms with Crippen molar-refractivity contribution < 1.29 is 19.1 Å². The Morgan fingerprint density at radius 3 is 2.39 bits per heavy atom. The van der Waals surface area contributed by atoms with Gasteiger partial charge in [-0.3, -0.25) is 14.4 Å². The van der Waals surface area contributed by atoms with Crippen molar-refractivity contribution in [3.8, 4) is 5.75 Å². The lowest BCUT2D eigenvalue weighted by Gasteiger charge is -2.22. The largest absolute Gasteiger partial charge is 0.497 e. The number of hydrogen-bond acceptors (Lipinski definition) is 5. The first kappa shape index (κ1) is 22.6. The maximum atomic E-state index is 13.3. The van der Waals surface area contributed by atoms with Gasteiger partial charge in [-0.15, -0.1) is 11.8 Å². The van der Waals surface area contributed by atoms with Gasteiger partial charge in [0.2, 0.25) is 11.8 Å². The molecule has 0 unspecified atom stereocenters. The molecule has 0 bridgehead atoms. The molecular weight excluding hydrogens is 436 g/mol. The fraction of sp³-hybridized carbons (Fsp3) is 0.192. The molecule has 0 fully saturated rings. The van der Waals surface area contributed by atoms with Crippen molar-refractivity contribution in [1.29, 1.82) is 0 Å². The molecule has 0 aromatic heterocycles. The number of methoxy groups -OCH3 is 1. The minimum atomic E-state index is -0.304. The molecule has 2 amide bonds. The van der Waals surface area contributed by atoms with Crippen LogP contribution in [0.2, 0.25) is 0 Å². The van der Waals surface area contributed by atoms with Gasteiger partial charge in [0.1, 0.15) is 12.3 Å². The van der Waals surface area contributed by atoms with Crippen molar-refractivity contribution in [1.82, 2.24) is 0 Å². The zero-order valence-corrected chi connectivity index (χ0v) is 19.2. The number of para-hydroxylation sites is 1. The maximum Gasteiger partial charge on any atom is 0.244 e. The van der Waals surface area contributed by atoms with Crippen LogP contribution in [0.3, 0.4) is 0 Å². The summed E-state index contributed by atoms with van der Waals surface area (Å²) in [7, 11) is 1.62. The average Bonchev–Trinajstić information content (AvgIpc) is 2.96. The Balaban J connectivity index is 1.53. The van der Waals surface area contributed by atoms with E-state index in [1.165, 1.54) is 6.92 Å². The second-order valence-corrected chi connectivity index (χ2v) is 8.96. The fourth-order valence-electron chi connectivity index (χ4n) is 3.69. The summed E-state index contributed by atoms with van der Waals surface area (Å²) < 4.78 is 5.24. The van der Waals surface area contributed by atoms with Gasteiger partial charge in [-0.25, -0.2) is 0 Å². The van der Waals surface area contributed by atoms with Crippen molar-refractivity contribution in [2.45, 2.75) is 23.5 Å². The van der Waals surface area contributed by atoms with Crippen molar-refractivity contribution in [3.05, 3.63) is 83.9 Å². The van der Waals surface area contributed by atoms with E-state index in [2.05, 4.69) is 5.32 Å². The predicted octanol–water partition coefficient (Wildman–Crippen LogP) is 5.11. The van der Waals surface area contributed by atoms with Gasteiger partial charge in [0, 0.05) is 27.8 Å². The summed E-state index contributed by atoms with van der Waals surface area (Å²) in [6.45, 7) is 1.40. The molecule has 33 heavy (non-hydrogen) atoms. The molecule has 7 heteroatoms. The van der Waals surface area contributed by atoms with E-state index in [1.807, 2.05) is 48.5 Å². The van der Waals surface area contributed by atoms with Crippen LogP contribution in [0.5, 0.6) is 5.75 Å². The zero-order valence-electron chi connectivity index (χ0n) is 18.4. The van der Waals surface area contributed by atoms with E-state index >= 15 is 0 Å². The lowest BCUT2D eigenvalue weighted by Crippen LogP contribution is -2.38. The van der Waals surface area contributed by atoms with Gasteiger partial charge >= 0.3 is 0 Å². The van der Waals surface area contributed by atoms with Crippen LogP contribution < -0.4 is 15.0 Å². The molecule has 0 radical (unpaired) electrons. The van der Waals surface area contributed by atoms with Gasteiger partial charge in [-0.2, -0.15) is 0 Å². The highest BCUT2D eigenvalue weighted by molar-refractivity contribution is 7.99. The minimum Gasteiger partial charge on any atom is -0.497 e. The Labute approximate surface area is 196 Å². The summed E-state index contributed by atoms with van der Waals surface area (Å²) in [5.74, 6) is 0.305. The number of thioether (sulfide) groups is 1. The molecule has 0 saturated heterocycles. The number of fused-ring (bicyclic) bond motifs is 1. The van der Waals surface area contributed by atoms with Crippen LogP contribution in [0.1, 0.15) is 34.5 Å². The minimum absolute atomic E-state index is 0.0384. The summed E-state index contributed by atoms with van der Waals surface area (Å²) in [6.07, 6.45) is 0.270. The Morgan fingerprint density at radius 1 is 1.03 bits per heavy atom. The van der Waals surface area contributed by atoms with Crippen LogP contribution >= 0.6 is 11.8 Å². The monoisotopic (exact) mass is 460 g/mol. The summed E-state index contributed by atoms with van der Waals surface area (Å²) in [6, 6.07) is 22.1. The highest BCUT2D eigenvalue weighted by Crippen LogP contribution is 2.45. The van der Waals surface area contributed by atoms with Crippen molar-refractivity contribution in [3.63, 3.8) is 0 Å².